The lowest BCUT2D eigenvalue weighted by molar-refractivity contribution is -0.145. The molecule has 0 aliphatic heterocycles. The van der Waals surface area contributed by atoms with Gasteiger partial charge in [-0.2, -0.15) is 11.8 Å². The Morgan fingerprint density at radius 2 is 1.94 bits per heavy atom. The molecule has 0 aromatic carbocycles. The topological polar surface area (TPSA) is 26.3 Å². The molecule has 0 radical (unpaired) electrons. The van der Waals surface area contributed by atoms with E-state index in [4.69, 9.17) is 4.74 Å². The summed E-state index contributed by atoms with van der Waals surface area (Å²) in [5.74, 6) is 1.70. The van der Waals surface area contributed by atoms with E-state index in [1.165, 1.54) is 18.6 Å². The van der Waals surface area contributed by atoms with E-state index < -0.39 is 0 Å². The van der Waals surface area contributed by atoms with Crippen LogP contribution in [0.4, 0.5) is 0 Å². The van der Waals surface area contributed by atoms with Gasteiger partial charge in [0.2, 0.25) is 0 Å². The second-order valence-electron chi connectivity index (χ2n) is 4.35. The van der Waals surface area contributed by atoms with Gasteiger partial charge in [0.25, 0.3) is 0 Å². The fourth-order valence-electron chi connectivity index (χ4n) is 1.29. The second kappa shape index (κ2) is 11.3. The third-order valence-electron chi connectivity index (χ3n) is 2.71. The number of thioether (sulfide) groups is 1. The summed E-state index contributed by atoms with van der Waals surface area (Å²) in [7, 11) is 0. The van der Waals surface area contributed by atoms with E-state index in [1.54, 1.807) is 0 Å². The third-order valence-corrected chi connectivity index (χ3v) is 3.40. The van der Waals surface area contributed by atoms with Crippen molar-refractivity contribution >= 4 is 17.7 Å². The average Bonchev–Trinajstić information content (AvgIpc) is 2.30. The zero-order valence-electron chi connectivity index (χ0n) is 11.0. The lowest BCUT2D eigenvalue weighted by atomic mass is 10.1. The van der Waals surface area contributed by atoms with Crippen molar-refractivity contribution in [1.82, 2.24) is 0 Å². The Balaban J connectivity index is 3.24. The number of ether oxygens (including phenoxy) is 1. The Morgan fingerprint density at radius 3 is 2.56 bits per heavy atom. The molecule has 0 heterocycles. The van der Waals surface area contributed by atoms with Gasteiger partial charge >= 0.3 is 5.97 Å². The Kier molecular flexibility index (Phi) is 11.2. The van der Waals surface area contributed by atoms with E-state index in [1.807, 2.05) is 11.8 Å². The Bertz CT molecular complexity index is 171. The summed E-state index contributed by atoms with van der Waals surface area (Å²) in [6.45, 7) is 4.81. The molecule has 1 atom stereocenters. The summed E-state index contributed by atoms with van der Waals surface area (Å²) >= 11 is 1.89. The van der Waals surface area contributed by atoms with Crippen molar-refractivity contribution in [1.29, 1.82) is 0 Å². The van der Waals surface area contributed by atoms with Crippen molar-refractivity contribution in [2.75, 3.05) is 18.6 Å². The summed E-state index contributed by atoms with van der Waals surface area (Å²) in [5, 5.41) is 0. The van der Waals surface area contributed by atoms with E-state index in [0.29, 0.717) is 18.9 Å². The van der Waals surface area contributed by atoms with Gasteiger partial charge in [0.15, 0.2) is 0 Å². The highest BCUT2D eigenvalue weighted by Crippen LogP contribution is 2.08. The van der Waals surface area contributed by atoms with Crippen molar-refractivity contribution in [3.05, 3.63) is 0 Å². The molecule has 0 aromatic heterocycles. The number of hydrogen-bond acceptors (Lipinski definition) is 3. The Labute approximate surface area is 105 Å². The highest BCUT2D eigenvalue weighted by atomic mass is 32.2. The molecule has 0 N–H and O–H groups in total. The molecule has 0 aromatic rings. The fraction of sp³-hybridized carbons (Fsp3) is 0.923. The number of esters is 1. The van der Waals surface area contributed by atoms with Gasteiger partial charge in [-0.3, -0.25) is 4.79 Å². The summed E-state index contributed by atoms with van der Waals surface area (Å²) < 4.78 is 5.18. The zero-order chi connectivity index (χ0) is 12.2. The average molecular weight is 246 g/mol. The number of hydrogen-bond donors (Lipinski definition) is 0. The van der Waals surface area contributed by atoms with Crippen LogP contribution < -0.4 is 0 Å². The summed E-state index contributed by atoms with van der Waals surface area (Å²) in [6, 6.07) is 0. The fourth-order valence-corrected chi connectivity index (χ4v) is 1.79. The van der Waals surface area contributed by atoms with E-state index >= 15 is 0 Å². The predicted octanol–water partition coefficient (Wildman–Crippen LogP) is 3.89. The molecular weight excluding hydrogens is 220 g/mol. The standard InChI is InChI=1S/C13H26O2S/c1-4-12(2)11-15-13(14)9-7-5-6-8-10-16-3/h12H,4-11H2,1-3H3/t12-/m0/s1. The second-order valence-corrected chi connectivity index (χ2v) is 5.34. The molecule has 0 bridgehead atoms. The highest BCUT2D eigenvalue weighted by molar-refractivity contribution is 7.98. The minimum Gasteiger partial charge on any atom is -0.465 e. The maximum absolute atomic E-state index is 11.3. The zero-order valence-corrected chi connectivity index (χ0v) is 11.8. The molecule has 0 saturated heterocycles. The Hall–Kier alpha value is -0.180. The van der Waals surface area contributed by atoms with Gasteiger partial charge in [-0.25, -0.2) is 0 Å². The molecule has 0 aliphatic rings. The quantitative estimate of drug-likeness (QED) is 0.432. The van der Waals surface area contributed by atoms with Gasteiger partial charge in [0, 0.05) is 6.42 Å². The molecule has 0 fully saturated rings. The van der Waals surface area contributed by atoms with Crippen LogP contribution in [0.5, 0.6) is 0 Å². The summed E-state index contributed by atoms with van der Waals surface area (Å²) in [5.41, 5.74) is 0. The first-order valence-electron chi connectivity index (χ1n) is 6.35. The van der Waals surface area contributed by atoms with E-state index in [9.17, 15) is 4.79 Å². The first kappa shape index (κ1) is 15.8. The highest BCUT2D eigenvalue weighted by Gasteiger charge is 2.05. The van der Waals surface area contributed by atoms with Gasteiger partial charge in [-0.1, -0.05) is 33.1 Å². The van der Waals surface area contributed by atoms with Crippen LogP contribution in [-0.4, -0.2) is 24.6 Å². The lowest BCUT2D eigenvalue weighted by Gasteiger charge is -2.09. The number of rotatable bonds is 10. The van der Waals surface area contributed by atoms with Gasteiger partial charge in [0.05, 0.1) is 6.61 Å². The van der Waals surface area contributed by atoms with Gasteiger partial charge < -0.3 is 4.74 Å². The molecule has 0 unspecified atom stereocenters. The van der Waals surface area contributed by atoms with Crippen LogP contribution in [0, 0.1) is 5.92 Å². The van der Waals surface area contributed by atoms with Crippen LogP contribution in [0.25, 0.3) is 0 Å². The summed E-state index contributed by atoms with van der Waals surface area (Å²) in [4.78, 5) is 11.3. The minimum absolute atomic E-state index is 0.0230. The monoisotopic (exact) mass is 246 g/mol. The molecule has 0 amide bonds. The van der Waals surface area contributed by atoms with Crippen molar-refractivity contribution < 1.29 is 9.53 Å². The van der Waals surface area contributed by atoms with E-state index in [0.717, 1.165) is 19.3 Å². The smallest absolute Gasteiger partial charge is 0.305 e. The van der Waals surface area contributed by atoms with Crippen LogP contribution in [0.1, 0.15) is 52.4 Å². The molecule has 2 nitrogen and oxygen atoms in total. The first-order chi connectivity index (χ1) is 7.70. The van der Waals surface area contributed by atoms with E-state index in [-0.39, 0.29) is 5.97 Å². The normalized spacial score (nSPS) is 12.4. The minimum atomic E-state index is -0.0230. The van der Waals surface area contributed by atoms with Gasteiger partial charge in [0.1, 0.15) is 0 Å². The van der Waals surface area contributed by atoms with Gasteiger partial charge in [-0.15, -0.1) is 0 Å². The third kappa shape index (κ3) is 10.3. The lowest BCUT2D eigenvalue weighted by Crippen LogP contribution is -2.11. The van der Waals surface area contributed by atoms with Crippen LogP contribution in [-0.2, 0) is 9.53 Å². The maximum Gasteiger partial charge on any atom is 0.305 e. The molecule has 96 valence electrons. The van der Waals surface area contributed by atoms with Crippen LogP contribution in [0.3, 0.4) is 0 Å². The van der Waals surface area contributed by atoms with Crippen molar-refractivity contribution in [3.8, 4) is 0 Å². The van der Waals surface area contributed by atoms with Crippen molar-refractivity contribution in [3.63, 3.8) is 0 Å². The number of carbonyl (C=O) groups is 1. The van der Waals surface area contributed by atoms with E-state index in [2.05, 4.69) is 20.1 Å². The maximum atomic E-state index is 11.3. The van der Waals surface area contributed by atoms with Crippen LogP contribution in [0.15, 0.2) is 0 Å². The SMILES string of the molecule is CC[C@H](C)COC(=O)CCCCCCSC. The molecule has 0 saturated carbocycles. The molecule has 0 spiro atoms. The Morgan fingerprint density at radius 1 is 1.25 bits per heavy atom. The van der Waals surface area contributed by atoms with Gasteiger partial charge in [-0.05, 0) is 30.8 Å². The van der Waals surface area contributed by atoms with Crippen LogP contribution in [0.2, 0.25) is 0 Å². The molecule has 0 aliphatic carbocycles. The molecule has 3 heteroatoms. The number of unbranched alkanes of at least 4 members (excludes halogenated alkanes) is 3. The number of carbonyl (C=O) groups excluding carboxylic acids is 1. The van der Waals surface area contributed by atoms with Crippen molar-refractivity contribution in [2.24, 2.45) is 5.92 Å². The molecule has 16 heavy (non-hydrogen) atoms. The predicted molar refractivity (Wildman–Crippen MR) is 71.9 cm³/mol. The van der Waals surface area contributed by atoms with Crippen molar-refractivity contribution in [2.45, 2.75) is 52.4 Å². The van der Waals surface area contributed by atoms with Crippen LogP contribution >= 0.6 is 11.8 Å². The first-order valence-corrected chi connectivity index (χ1v) is 7.74. The molecule has 0 rings (SSSR count). The summed E-state index contributed by atoms with van der Waals surface area (Å²) in [6.07, 6.45) is 8.43. The molecular formula is C13H26O2S. The largest absolute Gasteiger partial charge is 0.465 e.